The summed E-state index contributed by atoms with van der Waals surface area (Å²) >= 11 is 0. The van der Waals surface area contributed by atoms with Gasteiger partial charge in [0, 0.05) is 11.1 Å². The van der Waals surface area contributed by atoms with Crippen LogP contribution in [0, 0.1) is 5.82 Å². The van der Waals surface area contributed by atoms with E-state index in [1.54, 1.807) is 13.2 Å². The molecule has 2 unspecified atom stereocenters. The zero-order valence-corrected chi connectivity index (χ0v) is 13.2. The molecule has 21 heavy (non-hydrogen) atoms. The molecule has 1 heterocycles. The first-order valence-electron chi connectivity index (χ1n) is 7.79. The van der Waals surface area contributed by atoms with Gasteiger partial charge >= 0.3 is 0 Å². The summed E-state index contributed by atoms with van der Waals surface area (Å²) in [5, 5.41) is 10.9. The maximum atomic E-state index is 13.6. The summed E-state index contributed by atoms with van der Waals surface area (Å²) in [6, 6.07) is 4.33. The highest BCUT2D eigenvalue weighted by Crippen LogP contribution is 2.39. The molecule has 0 radical (unpaired) electrons. The second-order valence-electron chi connectivity index (χ2n) is 6.05. The number of aliphatic hydroxyl groups excluding tert-OH is 1. The van der Waals surface area contributed by atoms with Gasteiger partial charge in [-0.15, -0.1) is 0 Å². The van der Waals surface area contributed by atoms with E-state index in [1.807, 2.05) is 0 Å². The maximum absolute atomic E-state index is 13.6. The standard InChI is InChI=1S/C17H26FNO2/c1-4-17(2,19-10-6-5-7-11-19)16(20)14-12-13(18)8-9-15(14)21-3/h8-9,12,16,20H,4-7,10-11H2,1-3H3. The van der Waals surface area contributed by atoms with Crippen molar-refractivity contribution < 1.29 is 14.2 Å². The van der Waals surface area contributed by atoms with Crippen molar-refractivity contribution >= 4 is 0 Å². The Balaban J connectivity index is 2.34. The molecule has 0 bridgehead atoms. The van der Waals surface area contributed by atoms with Crippen LogP contribution in [0.25, 0.3) is 0 Å². The Morgan fingerprint density at radius 3 is 2.57 bits per heavy atom. The Bertz CT molecular complexity index is 474. The van der Waals surface area contributed by atoms with Crippen LogP contribution in [-0.2, 0) is 0 Å². The topological polar surface area (TPSA) is 32.7 Å². The van der Waals surface area contributed by atoms with Crippen LogP contribution in [0.4, 0.5) is 4.39 Å². The van der Waals surface area contributed by atoms with Gasteiger partial charge < -0.3 is 9.84 Å². The Morgan fingerprint density at radius 1 is 1.33 bits per heavy atom. The summed E-state index contributed by atoms with van der Waals surface area (Å²) in [5.41, 5.74) is 0.133. The lowest BCUT2D eigenvalue weighted by atomic mass is 9.83. The van der Waals surface area contributed by atoms with Gasteiger partial charge in [0.05, 0.1) is 7.11 Å². The average molecular weight is 295 g/mol. The quantitative estimate of drug-likeness (QED) is 0.902. The van der Waals surface area contributed by atoms with Crippen LogP contribution in [0.15, 0.2) is 18.2 Å². The van der Waals surface area contributed by atoms with Gasteiger partial charge in [-0.25, -0.2) is 4.39 Å². The second kappa shape index (κ2) is 6.75. The third kappa shape index (κ3) is 3.22. The van der Waals surface area contributed by atoms with E-state index in [0.717, 1.165) is 32.4 Å². The smallest absolute Gasteiger partial charge is 0.124 e. The van der Waals surface area contributed by atoms with E-state index in [9.17, 15) is 9.50 Å². The third-order valence-corrected chi connectivity index (χ3v) is 4.87. The molecule has 1 fully saturated rings. The van der Waals surface area contributed by atoms with Crippen LogP contribution >= 0.6 is 0 Å². The van der Waals surface area contributed by atoms with Crippen LogP contribution in [-0.4, -0.2) is 35.7 Å². The van der Waals surface area contributed by atoms with Crippen LogP contribution in [0.2, 0.25) is 0 Å². The Labute approximate surface area is 126 Å². The number of hydrogen-bond donors (Lipinski definition) is 1. The number of methoxy groups -OCH3 is 1. The number of nitrogens with zero attached hydrogens (tertiary/aromatic N) is 1. The van der Waals surface area contributed by atoms with E-state index in [4.69, 9.17) is 4.74 Å². The molecule has 0 saturated carbocycles. The Hall–Kier alpha value is -1.13. The lowest BCUT2D eigenvalue weighted by Crippen LogP contribution is -2.52. The van der Waals surface area contributed by atoms with Gasteiger partial charge in [0.1, 0.15) is 17.7 Å². The highest BCUT2D eigenvalue weighted by atomic mass is 19.1. The number of benzene rings is 1. The van der Waals surface area contributed by atoms with E-state index < -0.39 is 11.6 Å². The fourth-order valence-corrected chi connectivity index (χ4v) is 3.25. The molecule has 118 valence electrons. The fourth-order valence-electron chi connectivity index (χ4n) is 3.25. The second-order valence-corrected chi connectivity index (χ2v) is 6.05. The van der Waals surface area contributed by atoms with E-state index in [-0.39, 0.29) is 5.82 Å². The molecule has 0 spiro atoms. The molecule has 0 amide bonds. The van der Waals surface area contributed by atoms with Crippen molar-refractivity contribution in [1.82, 2.24) is 4.90 Å². The van der Waals surface area contributed by atoms with Gasteiger partial charge in [-0.2, -0.15) is 0 Å². The fraction of sp³-hybridized carbons (Fsp3) is 0.647. The molecular weight excluding hydrogens is 269 g/mol. The first kappa shape index (κ1) is 16.2. The van der Waals surface area contributed by atoms with Crippen molar-refractivity contribution in [2.45, 2.75) is 51.2 Å². The minimum Gasteiger partial charge on any atom is -0.496 e. The number of likely N-dealkylation sites (tertiary alicyclic amines) is 1. The van der Waals surface area contributed by atoms with Gasteiger partial charge in [-0.3, -0.25) is 4.90 Å². The SMILES string of the molecule is CCC(C)(C(O)c1cc(F)ccc1OC)N1CCCCC1. The zero-order valence-electron chi connectivity index (χ0n) is 13.2. The van der Waals surface area contributed by atoms with Crippen LogP contribution < -0.4 is 4.74 Å². The number of rotatable bonds is 5. The first-order valence-corrected chi connectivity index (χ1v) is 7.79. The molecular formula is C17H26FNO2. The van der Waals surface area contributed by atoms with E-state index in [0.29, 0.717) is 11.3 Å². The molecule has 0 aromatic heterocycles. The van der Waals surface area contributed by atoms with Crippen molar-refractivity contribution in [2.24, 2.45) is 0 Å². The normalized spacial score (nSPS) is 20.8. The largest absolute Gasteiger partial charge is 0.496 e. The molecule has 1 aliphatic heterocycles. The number of ether oxygens (including phenoxy) is 1. The molecule has 0 aliphatic carbocycles. The van der Waals surface area contributed by atoms with E-state index in [2.05, 4.69) is 18.7 Å². The zero-order chi connectivity index (χ0) is 15.5. The molecule has 1 saturated heterocycles. The van der Waals surface area contributed by atoms with Gasteiger partial charge in [-0.05, 0) is 57.5 Å². The Kier molecular flexibility index (Phi) is 5.22. The Morgan fingerprint density at radius 2 is 2.00 bits per heavy atom. The van der Waals surface area contributed by atoms with E-state index >= 15 is 0 Å². The number of aliphatic hydroxyl groups is 1. The number of halogens is 1. The summed E-state index contributed by atoms with van der Waals surface area (Å²) in [7, 11) is 1.55. The monoisotopic (exact) mass is 295 g/mol. The summed E-state index contributed by atoms with van der Waals surface area (Å²) in [6.45, 7) is 6.11. The minimum atomic E-state index is -0.772. The van der Waals surface area contributed by atoms with Crippen molar-refractivity contribution in [2.75, 3.05) is 20.2 Å². The third-order valence-electron chi connectivity index (χ3n) is 4.87. The van der Waals surface area contributed by atoms with Crippen LogP contribution in [0.1, 0.15) is 51.2 Å². The van der Waals surface area contributed by atoms with Crippen LogP contribution in [0.3, 0.4) is 0 Å². The van der Waals surface area contributed by atoms with Gasteiger partial charge in [0.25, 0.3) is 0 Å². The maximum Gasteiger partial charge on any atom is 0.124 e. The van der Waals surface area contributed by atoms with Crippen molar-refractivity contribution in [1.29, 1.82) is 0 Å². The summed E-state index contributed by atoms with van der Waals surface area (Å²) < 4.78 is 18.9. The molecule has 4 heteroatoms. The predicted molar refractivity (Wildman–Crippen MR) is 82.0 cm³/mol. The molecule has 2 rings (SSSR count). The van der Waals surface area contributed by atoms with Gasteiger partial charge in [-0.1, -0.05) is 13.3 Å². The molecule has 1 aromatic rings. The number of piperidine rings is 1. The lowest BCUT2D eigenvalue weighted by molar-refractivity contribution is -0.0362. The van der Waals surface area contributed by atoms with Crippen molar-refractivity contribution in [3.8, 4) is 5.75 Å². The van der Waals surface area contributed by atoms with Crippen LogP contribution in [0.5, 0.6) is 5.75 Å². The number of hydrogen-bond acceptors (Lipinski definition) is 3. The summed E-state index contributed by atoms with van der Waals surface area (Å²) in [6.07, 6.45) is 3.58. The molecule has 3 nitrogen and oxygen atoms in total. The molecule has 1 N–H and O–H groups in total. The molecule has 2 atom stereocenters. The summed E-state index contributed by atoms with van der Waals surface area (Å²) in [5.74, 6) is 0.197. The summed E-state index contributed by atoms with van der Waals surface area (Å²) in [4.78, 5) is 2.34. The molecule has 1 aromatic carbocycles. The van der Waals surface area contributed by atoms with Crippen molar-refractivity contribution in [3.63, 3.8) is 0 Å². The lowest BCUT2D eigenvalue weighted by Gasteiger charge is -2.46. The average Bonchev–Trinajstić information content (AvgIpc) is 2.54. The highest BCUT2D eigenvalue weighted by molar-refractivity contribution is 5.37. The van der Waals surface area contributed by atoms with Gasteiger partial charge in [0.15, 0.2) is 0 Å². The highest BCUT2D eigenvalue weighted by Gasteiger charge is 2.39. The predicted octanol–water partition coefficient (Wildman–Crippen LogP) is 3.52. The minimum absolute atomic E-state index is 0.345. The van der Waals surface area contributed by atoms with Crippen molar-refractivity contribution in [3.05, 3.63) is 29.6 Å². The first-order chi connectivity index (χ1) is 10.0. The van der Waals surface area contributed by atoms with Gasteiger partial charge in [0.2, 0.25) is 0 Å². The van der Waals surface area contributed by atoms with E-state index in [1.165, 1.54) is 18.6 Å². The molecule has 1 aliphatic rings.